The number of hydrazone groups is 1. The van der Waals surface area contributed by atoms with Crippen LogP contribution >= 0.6 is 0 Å². The van der Waals surface area contributed by atoms with Gasteiger partial charge in [-0.3, -0.25) is 19.6 Å². The summed E-state index contributed by atoms with van der Waals surface area (Å²) < 4.78 is 13.1. The topological polar surface area (TPSA) is 101 Å². The molecule has 8 heteroatoms. The van der Waals surface area contributed by atoms with Gasteiger partial charge in [-0.05, 0) is 36.4 Å². The fourth-order valence-electron chi connectivity index (χ4n) is 2.48. The van der Waals surface area contributed by atoms with Crippen LogP contribution in [0.25, 0.3) is 0 Å². The number of halogens is 1. The van der Waals surface area contributed by atoms with Crippen molar-refractivity contribution in [1.82, 2.24) is 10.3 Å². The normalized spacial score (nSPS) is 16.4. The Balaban J connectivity index is 1.74. The maximum Gasteiger partial charge on any atom is 0.267 e. The number of aromatic nitrogens is 1. The van der Waals surface area contributed by atoms with Gasteiger partial charge in [0.2, 0.25) is 5.91 Å². The van der Waals surface area contributed by atoms with Gasteiger partial charge in [0.1, 0.15) is 17.6 Å². The summed E-state index contributed by atoms with van der Waals surface area (Å²) in [5, 5.41) is 8.25. The average Bonchev–Trinajstić information content (AvgIpc) is 3.07. The fraction of sp³-hybridized carbons (Fsp3) is 0.176. The number of pyridine rings is 1. The summed E-state index contributed by atoms with van der Waals surface area (Å²) >= 11 is 0. The molecule has 25 heavy (non-hydrogen) atoms. The molecule has 2 heterocycles. The zero-order valence-corrected chi connectivity index (χ0v) is 13.2. The first-order chi connectivity index (χ1) is 12.0. The van der Waals surface area contributed by atoms with Crippen LogP contribution in [0.2, 0.25) is 0 Å². The van der Waals surface area contributed by atoms with Crippen molar-refractivity contribution in [2.45, 2.75) is 19.0 Å². The third-order valence-corrected chi connectivity index (χ3v) is 3.75. The van der Waals surface area contributed by atoms with Crippen LogP contribution in [0.5, 0.6) is 0 Å². The van der Waals surface area contributed by atoms with Crippen LogP contribution in [0.3, 0.4) is 0 Å². The second-order valence-corrected chi connectivity index (χ2v) is 5.49. The monoisotopic (exact) mass is 341 g/mol. The molecular weight excluding hydrogens is 325 g/mol. The average molecular weight is 341 g/mol. The Morgan fingerprint density at radius 1 is 1.24 bits per heavy atom. The van der Waals surface area contributed by atoms with Crippen molar-refractivity contribution >= 4 is 23.2 Å². The highest BCUT2D eigenvalue weighted by Gasteiger charge is 2.34. The molecule has 0 spiro atoms. The number of anilines is 1. The molecule has 2 aromatic rings. The quantitative estimate of drug-likeness (QED) is 0.846. The Bertz CT molecular complexity index is 808. The predicted molar refractivity (Wildman–Crippen MR) is 90.0 cm³/mol. The van der Waals surface area contributed by atoms with E-state index in [9.17, 15) is 14.0 Å². The van der Waals surface area contributed by atoms with E-state index in [1.54, 1.807) is 18.3 Å². The first-order valence-electron chi connectivity index (χ1n) is 7.64. The maximum atomic E-state index is 13.1. The van der Waals surface area contributed by atoms with Gasteiger partial charge in [0, 0.05) is 12.6 Å². The lowest BCUT2D eigenvalue weighted by Gasteiger charge is -2.20. The van der Waals surface area contributed by atoms with Gasteiger partial charge in [0.15, 0.2) is 0 Å². The van der Waals surface area contributed by atoms with E-state index in [0.29, 0.717) is 11.4 Å². The number of hydrogen-bond donors (Lipinski definition) is 2. The van der Waals surface area contributed by atoms with Gasteiger partial charge in [-0.25, -0.2) is 4.39 Å². The molecule has 0 bridgehead atoms. The highest BCUT2D eigenvalue weighted by atomic mass is 19.1. The number of benzene rings is 1. The van der Waals surface area contributed by atoms with Crippen LogP contribution in [-0.2, 0) is 16.1 Å². The summed E-state index contributed by atoms with van der Waals surface area (Å²) in [6, 6.07) is 10.1. The van der Waals surface area contributed by atoms with Crippen molar-refractivity contribution in [2.24, 2.45) is 10.8 Å². The predicted octanol–water partition coefficient (Wildman–Crippen LogP) is 0.957. The molecule has 1 aromatic carbocycles. The first kappa shape index (κ1) is 16.6. The SMILES string of the molecule is NC(=O)C1CC(C(=O)NCc2ccccn2)=NN1c1ccc(F)cc1. The van der Waals surface area contributed by atoms with Crippen LogP contribution in [0.1, 0.15) is 12.1 Å². The van der Waals surface area contributed by atoms with E-state index in [1.165, 1.54) is 29.3 Å². The van der Waals surface area contributed by atoms with Gasteiger partial charge < -0.3 is 11.1 Å². The molecule has 1 aliphatic rings. The van der Waals surface area contributed by atoms with Crippen LogP contribution in [-0.4, -0.2) is 28.6 Å². The Labute approximate surface area is 143 Å². The van der Waals surface area contributed by atoms with E-state index in [1.807, 2.05) is 6.07 Å². The van der Waals surface area contributed by atoms with Crippen LogP contribution in [0.15, 0.2) is 53.8 Å². The molecule has 1 aromatic heterocycles. The minimum absolute atomic E-state index is 0.0841. The zero-order valence-electron chi connectivity index (χ0n) is 13.2. The van der Waals surface area contributed by atoms with E-state index < -0.39 is 23.7 Å². The Morgan fingerprint density at radius 2 is 2.00 bits per heavy atom. The molecule has 0 radical (unpaired) electrons. The molecule has 7 nitrogen and oxygen atoms in total. The van der Waals surface area contributed by atoms with Crippen LogP contribution < -0.4 is 16.1 Å². The minimum atomic E-state index is -0.791. The summed E-state index contributed by atoms with van der Waals surface area (Å²) in [6.07, 6.45) is 1.72. The highest BCUT2D eigenvalue weighted by Crippen LogP contribution is 2.24. The molecule has 3 N–H and O–H groups in total. The zero-order chi connectivity index (χ0) is 17.8. The number of carbonyl (C=O) groups is 2. The van der Waals surface area contributed by atoms with Crippen LogP contribution in [0.4, 0.5) is 10.1 Å². The number of hydrogen-bond acceptors (Lipinski definition) is 5. The molecule has 1 unspecified atom stereocenters. The van der Waals surface area contributed by atoms with Gasteiger partial charge in [-0.2, -0.15) is 5.10 Å². The third-order valence-electron chi connectivity index (χ3n) is 3.75. The van der Waals surface area contributed by atoms with Crippen molar-refractivity contribution < 1.29 is 14.0 Å². The van der Waals surface area contributed by atoms with Crippen molar-refractivity contribution in [2.75, 3.05) is 5.01 Å². The molecular formula is C17H16FN5O2. The summed E-state index contributed by atoms with van der Waals surface area (Å²) in [6.45, 7) is 0.247. The Morgan fingerprint density at radius 3 is 2.64 bits per heavy atom. The first-order valence-corrected chi connectivity index (χ1v) is 7.64. The lowest BCUT2D eigenvalue weighted by Crippen LogP contribution is -2.39. The second-order valence-electron chi connectivity index (χ2n) is 5.49. The van der Waals surface area contributed by atoms with Crippen molar-refractivity contribution in [3.8, 4) is 0 Å². The number of carbonyl (C=O) groups excluding carboxylic acids is 2. The maximum absolute atomic E-state index is 13.1. The number of primary amides is 1. The van der Waals surface area contributed by atoms with E-state index in [2.05, 4.69) is 15.4 Å². The fourth-order valence-corrected chi connectivity index (χ4v) is 2.48. The smallest absolute Gasteiger partial charge is 0.267 e. The summed E-state index contributed by atoms with van der Waals surface area (Å²) in [5.74, 6) is -1.42. The second kappa shape index (κ2) is 7.08. The molecule has 0 aliphatic carbocycles. The van der Waals surface area contributed by atoms with E-state index >= 15 is 0 Å². The van der Waals surface area contributed by atoms with E-state index in [0.717, 1.165) is 0 Å². The van der Waals surface area contributed by atoms with Gasteiger partial charge >= 0.3 is 0 Å². The largest absolute Gasteiger partial charge is 0.368 e. The summed E-state index contributed by atoms with van der Waals surface area (Å²) in [5.41, 5.74) is 6.79. The van der Waals surface area contributed by atoms with Gasteiger partial charge in [-0.15, -0.1) is 0 Å². The summed E-state index contributed by atoms with van der Waals surface area (Å²) in [4.78, 5) is 28.1. The number of nitrogens with one attached hydrogen (secondary N) is 1. The highest BCUT2D eigenvalue weighted by molar-refractivity contribution is 6.40. The molecule has 0 fully saturated rings. The Hall–Kier alpha value is -3.29. The van der Waals surface area contributed by atoms with Gasteiger partial charge in [0.25, 0.3) is 5.91 Å². The van der Waals surface area contributed by atoms with Crippen molar-refractivity contribution in [1.29, 1.82) is 0 Å². The standard InChI is InChI=1S/C17H16FN5O2/c18-11-4-6-13(7-5-11)23-15(16(19)24)9-14(22-23)17(25)21-10-12-3-1-2-8-20-12/h1-8,15H,9-10H2,(H2,19,24)(H,21,25). The third kappa shape index (κ3) is 3.79. The molecule has 2 amide bonds. The lowest BCUT2D eigenvalue weighted by atomic mass is 10.1. The lowest BCUT2D eigenvalue weighted by molar-refractivity contribution is -0.119. The molecule has 3 rings (SSSR count). The van der Waals surface area contributed by atoms with E-state index in [4.69, 9.17) is 5.73 Å². The number of nitrogens with zero attached hydrogens (tertiary/aromatic N) is 3. The number of rotatable bonds is 5. The minimum Gasteiger partial charge on any atom is -0.368 e. The number of nitrogens with two attached hydrogens (primary N) is 1. The van der Waals surface area contributed by atoms with Crippen molar-refractivity contribution in [3.63, 3.8) is 0 Å². The Kier molecular flexibility index (Phi) is 4.69. The number of amides is 2. The van der Waals surface area contributed by atoms with Crippen LogP contribution in [0, 0.1) is 5.82 Å². The molecule has 1 aliphatic heterocycles. The molecule has 0 saturated heterocycles. The van der Waals surface area contributed by atoms with Gasteiger partial charge in [0.05, 0.1) is 17.9 Å². The van der Waals surface area contributed by atoms with Crippen molar-refractivity contribution in [3.05, 3.63) is 60.2 Å². The molecule has 1 atom stereocenters. The molecule has 128 valence electrons. The summed E-state index contributed by atoms with van der Waals surface area (Å²) in [7, 11) is 0. The van der Waals surface area contributed by atoms with E-state index in [-0.39, 0.29) is 18.7 Å². The molecule has 0 saturated carbocycles. The van der Waals surface area contributed by atoms with Gasteiger partial charge in [-0.1, -0.05) is 6.07 Å².